The molecular formula is C6H13IO2. The molecule has 0 amide bonds. The van der Waals surface area contributed by atoms with Crippen LogP contribution in [0.15, 0.2) is 0 Å². The van der Waals surface area contributed by atoms with Crippen LogP contribution in [-0.2, 0) is 4.74 Å². The van der Waals surface area contributed by atoms with Gasteiger partial charge in [-0.2, -0.15) is 0 Å². The first-order chi connectivity index (χ1) is 4.16. The largest absolute Gasteiger partial charge is 0.390 e. The molecule has 0 bridgehead atoms. The molecule has 0 aromatic carbocycles. The Morgan fingerprint density at radius 1 is 1.56 bits per heavy atom. The molecule has 0 aliphatic carbocycles. The Labute approximate surface area is 69.7 Å². The molecule has 0 saturated heterocycles. The van der Waals surface area contributed by atoms with Crippen LogP contribution in [0.2, 0.25) is 0 Å². The van der Waals surface area contributed by atoms with Gasteiger partial charge in [-0.3, -0.25) is 0 Å². The van der Waals surface area contributed by atoms with Gasteiger partial charge in [0.15, 0.2) is 0 Å². The van der Waals surface area contributed by atoms with Gasteiger partial charge < -0.3 is 9.84 Å². The fourth-order valence-corrected chi connectivity index (χ4v) is 0.602. The van der Waals surface area contributed by atoms with Gasteiger partial charge in [-0.25, -0.2) is 0 Å². The molecule has 56 valence electrons. The Hall–Kier alpha value is 0.650. The number of hydrogen-bond donors (Lipinski definition) is 1. The summed E-state index contributed by atoms with van der Waals surface area (Å²) in [5.41, 5.74) is 0. The number of aliphatic hydroxyl groups is 1. The van der Waals surface area contributed by atoms with E-state index in [1.165, 1.54) is 0 Å². The fraction of sp³-hybridized carbons (Fsp3) is 1.00. The lowest BCUT2D eigenvalue weighted by atomic mass is 10.4. The smallest absolute Gasteiger partial charge is 0.0862 e. The summed E-state index contributed by atoms with van der Waals surface area (Å²) in [7, 11) is 0. The van der Waals surface area contributed by atoms with E-state index in [0.717, 1.165) is 4.43 Å². The molecule has 0 rings (SSSR count). The minimum Gasteiger partial charge on any atom is -0.390 e. The van der Waals surface area contributed by atoms with E-state index in [9.17, 15) is 0 Å². The minimum atomic E-state index is -0.298. The molecular weight excluding hydrogens is 231 g/mol. The number of rotatable bonds is 4. The highest BCUT2D eigenvalue weighted by Crippen LogP contribution is 1.94. The van der Waals surface area contributed by atoms with Crippen LogP contribution in [0.3, 0.4) is 0 Å². The van der Waals surface area contributed by atoms with Crippen molar-refractivity contribution < 1.29 is 9.84 Å². The van der Waals surface area contributed by atoms with Gasteiger partial charge >= 0.3 is 0 Å². The van der Waals surface area contributed by atoms with Crippen LogP contribution in [-0.4, -0.2) is 28.3 Å². The maximum atomic E-state index is 8.97. The number of ether oxygens (including phenoxy) is 1. The van der Waals surface area contributed by atoms with E-state index in [-0.39, 0.29) is 12.2 Å². The number of aliphatic hydroxyl groups excluding tert-OH is 1. The van der Waals surface area contributed by atoms with E-state index in [1.54, 1.807) is 0 Å². The van der Waals surface area contributed by atoms with Crippen molar-refractivity contribution in [2.75, 3.05) is 11.0 Å². The van der Waals surface area contributed by atoms with Crippen LogP contribution in [0.5, 0.6) is 0 Å². The molecule has 0 saturated carbocycles. The summed E-state index contributed by atoms with van der Waals surface area (Å²) in [5, 5.41) is 8.97. The van der Waals surface area contributed by atoms with Gasteiger partial charge in [-0.15, -0.1) is 0 Å². The third-order valence-corrected chi connectivity index (χ3v) is 1.82. The Morgan fingerprint density at radius 3 is 2.44 bits per heavy atom. The second-order valence-electron chi connectivity index (χ2n) is 2.19. The van der Waals surface area contributed by atoms with Crippen LogP contribution in [0.25, 0.3) is 0 Å². The summed E-state index contributed by atoms with van der Waals surface area (Å²) in [6, 6.07) is 0. The van der Waals surface area contributed by atoms with Gasteiger partial charge in [0.2, 0.25) is 0 Å². The zero-order valence-electron chi connectivity index (χ0n) is 5.80. The molecule has 9 heavy (non-hydrogen) atoms. The van der Waals surface area contributed by atoms with Gasteiger partial charge in [0.25, 0.3) is 0 Å². The molecule has 2 nitrogen and oxygen atoms in total. The lowest BCUT2D eigenvalue weighted by molar-refractivity contribution is 0.0163. The van der Waals surface area contributed by atoms with Crippen molar-refractivity contribution in [1.82, 2.24) is 0 Å². The zero-order valence-corrected chi connectivity index (χ0v) is 7.96. The van der Waals surface area contributed by atoms with Crippen LogP contribution in [0.1, 0.15) is 13.8 Å². The quantitative estimate of drug-likeness (QED) is 0.595. The second kappa shape index (κ2) is 5.44. The predicted molar refractivity (Wildman–Crippen MR) is 46.0 cm³/mol. The molecule has 3 heteroatoms. The van der Waals surface area contributed by atoms with Crippen LogP contribution in [0, 0.1) is 0 Å². The van der Waals surface area contributed by atoms with Crippen LogP contribution >= 0.6 is 22.6 Å². The van der Waals surface area contributed by atoms with Gasteiger partial charge in [-0.05, 0) is 13.8 Å². The van der Waals surface area contributed by atoms with E-state index in [0.29, 0.717) is 6.61 Å². The first-order valence-electron chi connectivity index (χ1n) is 3.02. The van der Waals surface area contributed by atoms with Gasteiger partial charge in [0.1, 0.15) is 0 Å². The molecule has 1 atom stereocenters. The SMILES string of the molecule is CC(C)OC[C@@H](O)CI. The highest BCUT2D eigenvalue weighted by atomic mass is 127. The molecule has 0 unspecified atom stereocenters. The minimum absolute atomic E-state index is 0.225. The number of hydrogen-bond acceptors (Lipinski definition) is 2. The molecule has 0 aliphatic heterocycles. The Morgan fingerprint density at radius 2 is 2.11 bits per heavy atom. The molecule has 0 heterocycles. The lowest BCUT2D eigenvalue weighted by Gasteiger charge is -2.09. The molecule has 0 aliphatic rings. The summed E-state index contributed by atoms with van der Waals surface area (Å²) in [5.74, 6) is 0. The van der Waals surface area contributed by atoms with E-state index in [4.69, 9.17) is 9.84 Å². The van der Waals surface area contributed by atoms with Crippen LogP contribution < -0.4 is 0 Å². The van der Waals surface area contributed by atoms with Crippen molar-refractivity contribution in [3.05, 3.63) is 0 Å². The maximum Gasteiger partial charge on any atom is 0.0862 e. The molecule has 1 N–H and O–H groups in total. The van der Waals surface area contributed by atoms with Gasteiger partial charge in [-0.1, -0.05) is 22.6 Å². The highest BCUT2D eigenvalue weighted by molar-refractivity contribution is 14.1. The highest BCUT2D eigenvalue weighted by Gasteiger charge is 2.01. The first-order valence-corrected chi connectivity index (χ1v) is 4.55. The van der Waals surface area contributed by atoms with E-state index in [2.05, 4.69) is 22.6 Å². The topological polar surface area (TPSA) is 29.5 Å². The average Bonchev–Trinajstić information content (AvgIpc) is 1.83. The Bertz CT molecular complexity index is 66.1. The molecule has 0 radical (unpaired) electrons. The Balaban J connectivity index is 3.06. The predicted octanol–water partition coefficient (Wildman–Crippen LogP) is 1.21. The Kier molecular flexibility index (Phi) is 5.83. The third-order valence-electron chi connectivity index (χ3n) is 0.800. The summed E-state index contributed by atoms with van der Waals surface area (Å²) in [4.78, 5) is 0. The standard InChI is InChI=1S/C6H13IO2/c1-5(2)9-4-6(8)3-7/h5-6,8H,3-4H2,1-2H3/t6-/m0/s1. The van der Waals surface area contributed by atoms with E-state index in [1.807, 2.05) is 13.8 Å². The van der Waals surface area contributed by atoms with Crippen molar-refractivity contribution in [1.29, 1.82) is 0 Å². The van der Waals surface area contributed by atoms with Crippen molar-refractivity contribution in [3.8, 4) is 0 Å². The average molecular weight is 244 g/mol. The van der Waals surface area contributed by atoms with Gasteiger partial charge in [0, 0.05) is 4.43 Å². The maximum absolute atomic E-state index is 8.97. The lowest BCUT2D eigenvalue weighted by Crippen LogP contribution is -2.19. The zero-order chi connectivity index (χ0) is 7.28. The monoisotopic (exact) mass is 244 g/mol. The third kappa shape index (κ3) is 6.54. The number of alkyl halides is 1. The molecule has 0 fully saturated rings. The molecule has 0 aromatic heterocycles. The summed E-state index contributed by atoms with van der Waals surface area (Å²) in [6.45, 7) is 4.38. The van der Waals surface area contributed by atoms with Crippen molar-refractivity contribution in [2.24, 2.45) is 0 Å². The molecule has 0 spiro atoms. The first kappa shape index (κ1) is 9.65. The van der Waals surface area contributed by atoms with Crippen LogP contribution in [0.4, 0.5) is 0 Å². The summed E-state index contributed by atoms with van der Waals surface area (Å²) >= 11 is 2.13. The fourth-order valence-electron chi connectivity index (χ4n) is 0.348. The second-order valence-corrected chi connectivity index (χ2v) is 3.07. The summed E-state index contributed by atoms with van der Waals surface area (Å²) in [6.07, 6.45) is -0.0735. The van der Waals surface area contributed by atoms with Crippen molar-refractivity contribution in [3.63, 3.8) is 0 Å². The molecule has 0 aromatic rings. The van der Waals surface area contributed by atoms with Crippen molar-refractivity contribution in [2.45, 2.75) is 26.1 Å². The van der Waals surface area contributed by atoms with Gasteiger partial charge in [0.05, 0.1) is 18.8 Å². The van der Waals surface area contributed by atoms with E-state index < -0.39 is 0 Å². The normalized spacial score (nSPS) is 14.3. The number of halogens is 1. The van der Waals surface area contributed by atoms with Crippen molar-refractivity contribution >= 4 is 22.6 Å². The van der Waals surface area contributed by atoms with E-state index >= 15 is 0 Å². The summed E-state index contributed by atoms with van der Waals surface area (Å²) < 4.78 is 5.88.